The Balaban J connectivity index is 2.14. The van der Waals surface area contributed by atoms with Crippen molar-refractivity contribution < 1.29 is 14.3 Å². The summed E-state index contributed by atoms with van der Waals surface area (Å²) >= 11 is 0. The van der Waals surface area contributed by atoms with E-state index in [0.717, 1.165) is 5.56 Å². The zero-order valence-electron chi connectivity index (χ0n) is 13.7. The lowest BCUT2D eigenvalue weighted by Crippen LogP contribution is -2.27. The highest BCUT2D eigenvalue weighted by molar-refractivity contribution is 5.92. The Labute approximate surface area is 136 Å². The van der Waals surface area contributed by atoms with E-state index in [0.29, 0.717) is 30.4 Å². The van der Waals surface area contributed by atoms with Gasteiger partial charge in [-0.15, -0.1) is 0 Å². The van der Waals surface area contributed by atoms with Crippen molar-refractivity contribution >= 4 is 5.91 Å². The smallest absolute Gasteiger partial charge is 0.270 e. The molecule has 0 bridgehead atoms. The molecule has 0 spiro atoms. The van der Waals surface area contributed by atoms with Gasteiger partial charge in [0.2, 0.25) is 0 Å². The Morgan fingerprint density at radius 3 is 2.52 bits per heavy atom. The predicted octanol–water partition coefficient (Wildman–Crippen LogP) is 3.37. The summed E-state index contributed by atoms with van der Waals surface area (Å²) < 4.78 is 11.2. The molecule has 0 aliphatic rings. The third-order valence-electron chi connectivity index (χ3n) is 3.31. The Hall–Kier alpha value is -2.56. The van der Waals surface area contributed by atoms with Gasteiger partial charge in [-0.05, 0) is 50.6 Å². The average molecular weight is 314 g/mol. The number of carbonyl (C=O) groups excluding carboxylic acids is 1. The van der Waals surface area contributed by atoms with Crippen LogP contribution < -0.4 is 14.8 Å². The number of aromatic nitrogens is 1. The normalized spacial score (nSPS) is 11.6. The van der Waals surface area contributed by atoms with Crippen molar-refractivity contribution in [2.24, 2.45) is 0 Å². The molecule has 2 rings (SSSR count). The molecule has 0 radical (unpaired) electrons. The number of benzene rings is 1. The standard InChI is InChI=1S/C18H22N2O3/c1-4-22-16-10-9-14(12-17(16)23-5-2)13(3)20-18(21)15-8-6-7-11-19-15/h6-13H,4-5H2,1-3H3,(H,20,21)/t13-/m1/s1. The summed E-state index contributed by atoms with van der Waals surface area (Å²) in [6, 6.07) is 10.8. The monoisotopic (exact) mass is 314 g/mol. The van der Waals surface area contributed by atoms with E-state index in [4.69, 9.17) is 9.47 Å². The summed E-state index contributed by atoms with van der Waals surface area (Å²) in [5.74, 6) is 1.19. The highest BCUT2D eigenvalue weighted by atomic mass is 16.5. The zero-order chi connectivity index (χ0) is 16.7. The maximum Gasteiger partial charge on any atom is 0.270 e. The number of amides is 1. The second kappa shape index (κ2) is 8.17. The van der Waals surface area contributed by atoms with Gasteiger partial charge in [0.15, 0.2) is 11.5 Å². The largest absolute Gasteiger partial charge is 0.490 e. The number of nitrogens with zero attached hydrogens (tertiary/aromatic N) is 1. The maximum atomic E-state index is 12.2. The third-order valence-corrected chi connectivity index (χ3v) is 3.31. The second-order valence-electron chi connectivity index (χ2n) is 4.98. The molecule has 5 nitrogen and oxygen atoms in total. The number of hydrogen-bond donors (Lipinski definition) is 1. The molecule has 0 unspecified atom stereocenters. The van der Waals surface area contributed by atoms with E-state index >= 15 is 0 Å². The number of carbonyl (C=O) groups is 1. The van der Waals surface area contributed by atoms with Gasteiger partial charge in [0, 0.05) is 6.20 Å². The van der Waals surface area contributed by atoms with E-state index in [-0.39, 0.29) is 11.9 Å². The number of pyridine rings is 1. The van der Waals surface area contributed by atoms with Crippen LogP contribution in [0.3, 0.4) is 0 Å². The molecule has 1 heterocycles. The van der Waals surface area contributed by atoms with Crippen LogP contribution in [0.5, 0.6) is 11.5 Å². The summed E-state index contributed by atoms with van der Waals surface area (Å²) in [6.07, 6.45) is 1.60. The van der Waals surface area contributed by atoms with Crippen LogP contribution in [0.4, 0.5) is 0 Å². The highest BCUT2D eigenvalue weighted by Gasteiger charge is 2.14. The minimum Gasteiger partial charge on any atom is -0.490 e. The van der Waals surface area contributed by atoms with Crippen LogP contribution in [0, 0.1) is 0 Å². The average Bonchev–Trinajstić information content (AvgIpc) is 2.57. The van der Waals surface area contributed by atoms with E-state index < -0.39 is 0 Å². The molecule has 0 aliphatic carbocycles. The van der Waals surface area contributed by atoms with Crippen LogP contribution in [0.1, 0.15) is 42.9 Å². The van der Waals surface area contributed by atoms with Gasteiger partial charge < -0.3 is 14.8 Å². The zero-order valence-corrected chi connectivity index (χ0v) is 13.7. The molecule has 1 aromatic heterocycles. The highest BCUT2D eigenvalue weighted by Crippen LogP contribution is 2.30. The summed E-state index contributed by atoms with van der Waals surface area (Å²) in [6.45, 7) is 6.91. The van der Waals surface area contributed by atoms with Crippen molar-refractivity contribution in [2.45, 2.75) is 26.8 Å². The van der Waals surface area contributed by atoms with Crippen molar-refractivity contribution in [1.29, 1.82) is 0 Å². The fourth-order valence-electron chi connectivity index (χ4n) is 2.19. The van der Waals surface area contributed by atoms with E-state index in [9.17, 15) is 4.79 Å². The molecule has 0 aliphatic heterocycles. The van der Waals surface area contributed by atoms with Crippen LogP contribution in [0.25, 0.3) is 0 Å². The molecule has 1 aromatic carbocycles. The van der Waals surface area contributed by atoms with Crippen molar-refractivity contribution in [3.8, 4) is 11.5 Å². The SMILES string of the molecule is CCOc1ccc([C@@H](C)NC(=O)c2ccccn2)cc1OCC. The van der Waals surface area contributed by atoms with E-state index in [1.807, 2.05) is 39.0 Å². The van der Waals surface area contributed by atoms with Crippen LogP contribution in [0.15, 0.2) is 42.6 Å². The first-order chi connectivity index (χ1) is 11.2. The van der Waals surface area contributed by atoms with E-state index in [1.165, 1.54) is 0 Å². The summed E-state index contributed by atoms with van der Waals surface area (Å²) in [4.78, 5) is 16.2. The number of ether oxygens (including phenoxy) is 2. The summed E-state index contributed by atoms with van der Waals surface area (Å²) in [5, 5.41) is 2.94. The van der Waals surface area contributed by atoms with Crippen LogP contribution in [-0.4, -0.2) is 24.1 Å². The van der Waals surface area contributed by atoms with Crippen LogP contribution >= 0.6 is 0 Å². The molecule has 5 heteroatoms. The Morgan fingerprint density at radius 1 is 1.13 bits per heavy atom. The summed E-state index contributed by atoms with van der Waals surface area (Å²) in [7, 11) is 0. The molecule has 0 saturated carbocycles. The fourth-order valence-corrected chi connectivity index (χ4v) is 2.19. The van der Waals surface area contributed by atoms with Crippen molar-refractivity contribution in [1.82, 2.24) is 10.3 Å². The number of nitrogens with one attached hydrogen (secondary N) is 1. The lowest BCUT2D eigenvalue weighted by molar-refractivity contribution is 0.0935. The van der Waals surface area contributed by atoms with Gasteiger partial charge >= 0.3 is 0 Å². The molecular formula is C18H22N2O3. The summed E-state index contributed by atoms with van der Waals surface area (Å²) in [5.41, 5.74) is 1.34. The van der Waals surface area contributed by atoms with Crippen molar-refractivity contribution in [3.63, 3.8) is 0 Å². The quantitative estimate of drug-likeness (QED) is 0.851. The molecular weight excluding hydrogens is 292 g/mol. The second-order valence-corrected chi connectivity index (χ2v) is 4.98. The van der Waals surface area contributed by atoms with Crippen molar-refractivity contribution in [2.75, 3.05) is 13.2 Å². The molecule has 0 saturated heterocycles. The minimum atomic E-state index is -0.204. The first kappa shape index (κ1) is 16.8. The van der Waals surface area contributed by atoms with E-state index in [2.05, 4.69) is 10.3 Å². The van der Waals surface area contributed by atoms with Gasteiger partial charge in [-0.2, -0.15) is 0 Å². The Bertz CT molecular complexity index is 644. The van der Waals surface area contributed by atoms with Crippen LogP contribution in [-0.2, 0) is 0 Å². The lowest BCUT2D eigenvalue weighted by atomic mass is 10.1. The first-order valence-corrected chi connectivity index (χ1v) is 7.77. The maximum absolute atomic E-state index is 12.2. The number of rotatable bonds is 7. The molecule has 1 amide bonds. The van der Waals surface area contributed by atoms with Gasteiger partial charge in [-0.1, -0.05) is 12.1 Å². The van der Waals surface area contributed by atoms with Gasteiger partial charge in [0.25, 0.3) is 5.91 Å². The molecule has 2 aromatic rings. The Kier molecular flexibility index (Phi) is 5.97. The minimum absolute atomic E-state index is 0.167. The molecule has 122 valence electrons. The molecule has 1 atom stereocenters. The molecule has 23 heavy (non-hydrogen) atoms. The number of hydrogen-bond acceptors (Lipinski definition) is 4. The van der Waals surface area contributed by atoms with Crippen molar-refractivity contribution in [3.05, 3.63) is 53.9 Å². The van der Waals surface area contributed by atoms with Gasteiger partial charge in [-0.3, -0.25) is 9.78 Å². The lowest BCUT2D eigenvalue weighted by Gasteiger charge is -2.17. The van der Waals surface area contributed by atoms with Crippen LogP contribution in [0.2, 0.25) is 0 Å². The topological polar surface area (TPSA) is 60.5 Å². The van der Waals surface area contributed by atoms with Gasteiger partial charge in [0.1, 0.15) is 5.69 Å². The van der Waals surface area contributed by atoms with E-state index in [1.54, 1.807) is 24.4 Å². The van der Waals surface area contributed by atoms with Gasteiger partial charge in [-0.25, -0.2) is 0 Å². The Morgan fingerprint density at radius 2 is 1.87 bits per heavy atom. The first-order valence-electron chi connectivity index (χ1n) is 7.77. The molecule has 0 fully saturated rings. The predicted molar refractivity (Wildman–Crippen MR) is 88.9 cm³/mol. The fraction of sp³-hybridized carbons (Fsp3) is 0.333. The molecule has 1 N–H and O–H groups in total. The van der Waals surface area contributed by atoms with Gasteiger partial charge in [0.05, 0.1) is 19.3 Å². The third kappa shape index (κ3) is 4.45.